The van der Waals surface area contributed by atoms with E-state index in [1.807, 2.05) is 36.4 Å². The topological polar surface area (TPSA) is 51.9 Å². The number of hydrogen-bond donors (Lipinski definition) is 0. The first-order valence-corrected chi connectivity index (χ1v) is 12.7. The molecular weight excluding hydrogens is 426 g/mol. The van der Waals surface area contributed by atoms with Crippen LogP contribution < -0.4 is 14.9 Å². The Kier molecular flexibility index (Phi) is 8.64. The average molecular weight is 464 g/mol. The van der Waals surface area contributed by atoms with Crippen molar-refractivity contribution in [3.63, 3.8) is 0 Å². The van der Waals surface area contributed by atoms with Crippen LogP contribution in [0.2, 0.25) is 0 Å². The predicted molar refractivity (Wildman–Crippen MR) is 138 cm³/mol. The van der Waals surface area contributed by atoms with Crippen LogP contribution in [0.1, 0.15) is 51.9 Å². The maximum Gasteiger partial charge on any atom is 0.193 e. The normalized spacial score (nSPS) is 15.0. The number of hydrogen-bond acceptors (Lipinski definition) is 5. The van der Waals surface area contributed by atoms with E-state index in [1.54, 1.807) is 13.2 Å². The lowest BCUT2D eigenvalue weighted by Gasteiger charge is -2.30. The van der Waals surface area contributed by atoms with Gasteiger partial charge in [-0.2, -0.15) is 0 Å². The number of methoxy groups -OCH3 is 1. The smallest absolute Gasteiger partial charge is 0.193 e. The van der Waals surface area contributed by atoms with Crippen molar-refractivity contribution in [1.29, 1.82) is 0 Å². The van der Waals surface area contributed by atoms with E-state index in [0.29, 0.717) is 23.3 Å². The van der Waals surface area contributed by atoms with Gasteiger partial charge in [-0.3, -0.25) is 4.79 Å². The monoisotopic (exact) mass is 463 g/mol. The highest BCUT2D eigenvalue weighted by Crippen LogP contribution is 2.26. The van der Waals surface area contributed by atoms with E-state index < -0.39 is 0 Å². The van der Waals surface area contributed by atoms with Crippen molar-refractivity contribution in [2.75, 3.05) is 33.4 Å². The minimum Gasteiger partial charge on any atom is -0.497 e. The Morgan fingerprint density at radius 3 is 2.38 bits per heavy atom. The van der Waals surface area contributed by atoms with Crippen LogP contribution in [0.3, 0.4) is 0 Å². The van der Waals surface area contributed by atoms with Gasteiger partial charge in [0.05, 0.1) is 19.1 Å². The second-order valence-electron chi connectivity index (χ2n) is 9.50. The second-order valence-corrected chi connectivity index (χ2v) is 9.50. The number of ether oxygens (including phenoxy) is 2. The van der Waals surface area contributed by atoms with E-state index in [9.17, 15) is 4.79 Å². The van der Waals surface area contributed by atoms with Crippen LogP contribution in [0, 0.1) is 5.92 Å². The van der Waals surface area contributed by atoms with Gasteiger partial charge < -0.3 is 18.8 Å². The summed E-state index contributed by atoms with van der Waals surface area (Å²) in [6.07, 6.45) is 8.79. The molecule has 1 aliphatic rings. The molecule has 0 unspecified atom stereocenters. The largest absolute Gasteiger partial charge is 0.497 e. The molecule has 2 heterocycles. The van der Waals surface area contributed by atoms with Crippen LogP contribution in [-0.2, 0) is 0 Å². The molecule has 1 aliphatic heterocycles. The number of rotatable bonds is 11. The van der Waals surface area contributed by atoms with Crippen molar-refractivity contribution in [1.82, 2.24) is 4.90 Å². The zero-order chi connectivity index (χ0) is 23.8. The van der Waals surface area contributed by atoms with Gasteiger partial charge >= 0.3 is 0 Å². The molecule has 1 fully saturated rings. The summed E-state index contributed by atoms with van der Waals surface area (Å²) in [5, 5.41) is 0.563. The molecule has 5 nitrogen and oxygen atoms in total. The molecule has 3 aromatic rings. The third-order valence-corrected chi connectivity index (χ3v) is 6.84. The molecule has 0 aliphatic carbocycles. The Bertz CT molecular complexity index is 1100. The van der Waals surface area contributed by atoms with Crippen LogP contribution in [0.15, 0.2) is 57.7 Å². The minimum absolute atomic E-state index is 0.0577. The molecule has 0 bridgehead atoms. The lowest BCUT2D eigenvalue weighted by Crippen LogP contribution is -2.33. The molecule has 0 radical (unpaired) electrons. The van der Waals surface area contributed by atoms with Crippen molar-refractivity contribution >= 4 is 11.0 Å². The van der Waals surface area contributed by atoms with Crippen molar-refractivity contribution in [3.05, 3.63) is 58.8 Å². The van der Waals surface area contributed by atoms with E-state index in [-0.39, 0.29) is 5.43 Å². The molecule has 2 aromatic carbocycles. The Hall–Kier alpha value is -2.79. The molecule has 0 N–H and O–H groups in total. The quantitative estimate of drug-likeness (QED) is 0.303. The molecule has 1 saturated heterocycles. The predicted octanol–water partition coefficient (Wildman–Crippen LogP) is 6.53. The van der Waals surface area contributed by atoms with Crippen molar-refractivity contribution in [2.24, 2.45) is 5.92 Å². The fraction of sp³-hybridized carbons (Fsp3) is 0.483. The Morgan fingerprint density at radius 1 is 0.912 bits per heavy atom. The van der Waals surface area contributed by atoms with Gasteiger partial charge in [-0.1, -0.05) is 26.2 Å². The summed E-state index contributed by atoms with van der Waals surface area (Å²) in [6, 6.07) is 14.5. The summed E-state index contributed by atoms with van der Waals surface area (Å²) in [4.78, 5) is 15.2. The highest BCUT2D eigenvalue weighted by Gasteiger charge is 2.14. The van der Waals surface area contributed by atoms with E-state index in [4.69, 9.17) is 13.9 Å². The molecule has 0 saturated carbocycles. The molecule has 34 heavy (non-hydrogen) atoms. The van der Waals surface area contributed by atoms with E-state index in [2.05, 4.69) is 11.8 Å². The first kappa shape index (κ1) is 24.3. The number of nitrogens with zero attached hydrogens (tertiary/aromatic N) is 1. The Labute approximate surface area is 202 Å². The number of likely N-dealkylation sites (tertiary alicyclic amines) is 1. The van der Waals surface area contributed by atoms with E-state index >= 15 is 0 Å². The standard InChI is InChI=1S/C29H37NO4/c1-22-14-17-30(18-15-22)16-6-4-3-5-7-19-33-25-12-13-26-27(31)21-28(34-29(26)20-25)23-8-10-24(32-2)11-9-23/h8-13,20-22H,3-7,14-19H2,1-2H3. The summed E-state index contributed by atoms with van der Waals surface area (Å²) in [7, 11) is 1.63. The number of unbranched alkanes of at least 4 members (excludes halogenated alkanes) is 4. The molecule has 4 rings (SSSR count). The Balaban J connectivity index is 1.23. The van der Waals surface area contributed by atoms with Crippen LogP contribution in [0.25, 0.3) is 22.3 Å². The molecule has 5 heteroatoms. The first-order chi connectivity index (χ1) is 16.6. The van der Waals surface area contributed by atoms with Gasteiger partial charge in [0.2, 0.25) is 0 Å². The third kappa shape index (κ3) is 6.63. The highest BCUT2D eigenvalue weighted by atomic mass is 16.5. The lowest BCUT2D eigenvalue weighted by molar-refractivity contribution is 0.189. The van der Waals surface area contributed by atoms with Gasteiger partial charge in [0, 0.05) is 17.7 Å². The zero-order valence-corrected chi connectivity index (χ0v) is 20.6. The lowest BCUT2D eigenvalue weighted by atomic mass is 9.99. The van der Waals surface area contributed by atoms with Crippen LogP contribution in [-0.4, -0.2) is 38.3 Å². The SMILES string of the molecule is COc1ccc(-c2cc(=O)c3ccc(OCCCCCCCN4CCC(C)CC4)cc3o2)cc1. The maximum absolute atomic E-state index is 12.6. The van der Waals surface area contributed by atoms with E-state index in [1.165, 1.54) is 64.2 Å². The van der Waals surface area contributed by atoms with Gasteiger partial charge in [-0.05, 0) is 87.6 Å². The number of benzene rings is 2. The van der Waals surface area contributed by atoms with Gasteiger partial charge in [0.1, 0.15) is 22.8 Å². The van der Waals surface area contributed by atoms with Crippen LogP contribution >= 0.6 is 0 Å². The van der Waals surface area contributed by atoms with Gasteiger partial charge in [0.25, 0.3) is 0 Å². The number of piperidine rings is 1. The van der Waals surface area contributed by atoms with Crippen LogP contribution in [0.4, 0.5) is 0 Å². The Morgan fingerprint density at radius 2 is 1.62 bits per heavy atom. The zero-order valence-electron chi connectivity index (χ0n) is 20.6. The van der Waals surface area contributed by atoms with Crippen molar-refractivity contribution in [3.8, 4) is 22.8 Å². The first-order valence-electron chi connectivity index (χ1n) is 12.7. The average Bonchev–Trinajstić information content (AvgIpc) is 2.86. The van der Waals surface area contributed by atoms with Crippen molar-refractivity contribution < 1.29 is 13.9 Å². The minimum atomic E-state index is -0.0577. The molecule has 0 spiro atoms. The third-order valence-electron chi connectivity index (χ3n) is 6.84. The molecule has 0 amide bonds. The fourth-order valence-electron chi connectivity index (χ4n) is 4.57. The highest BCUT2D eigenvalue weighted by molar-refractivity contribution is 5.80. The van der Waals surface area contributed by atoms with Crippen LogP contribution in [0.5, 0.6) is 11.5 Å². The van der Waals surface area contributed by atoms with Gasteiger partial charge in [0.15, 0.2) is 5.43 Å². The fourth-order valence-corrected chi connectivity index (χ4v) is 4.57. The summed E-state index contributed by atoms with van der Waals surface area (Å²) in [5.74, 6) is 2.95. The summed E-state index contributed by atoms with van der Waals surface area (Å²) < 4.78 is 17.2. The van der Waals surface area contributed by atoms with Gasteiger partial charge in [-0.15, -0.1) is 0 Å². The summed E-state index contributed by atoms with van der Waals surface area (Å²) in [6.45, 7) is 6.86. The second kappa shape index (κ2) is 12.1. The molecular formula is C29H37NO4. The van der Waals surface area contributed by atoms with Gasteiger partial charge in [-0.25, -0.2) is 0 Å². The van der Waals surface area contributed by atoms with E-state index in [0.717, 1.165) is 29.4 Å². The summed E-state index contributed by atoms with van der Waals surface area (Å²) >= 11 is 0. The molecule has 182 valence electrons. The molecule has 0 atom stereocenters. The summed E-state index contributed by atoms with van der Waals surface area (Å²) in [5.41, 5.74) is 1.32. The molecule has 1 aromatic heterocycles. The number of fused-ring (bicyclic) bond motifs is 1. The maximum atomic E-state index is 12.6. The van der Waals surface area contributed by atoms with Crippen molar-refractivity contribution in [2.45, 2.75) is 51.9 Å².